The molecule has 378 valence electrons. The first-order chi connectivity index (χ1) is 33.2. The van der Waals surface area contributed by atoms with Gasteiger partial charge >= 0.3 is 0 Å². The van der Waals surface area contributed by atoms with Gasteiger partial charge in [-0.2, -0.15) is 0 Å². The van der Waals surface area contributed by atoms with Gasteiger partial charge in [0.15, 0.2) is 0 Å². The van der Waals surface area contributed by atoms with Crippen molar-refractivity contribution >= 4 is 67.7 Å². The maximum atomic E-state index is 16.1. The molecule has 0 bridgehead atoms. The lowest BCUT2D eigenvalue weighted by Gasteiger charge is -2.14. The van der Waals surface area contributed by atoms with Crippen molar-refractivity contribution in [3.05, 3.63) is 166 Å². The molecule has 4 atom stereocenters. The number of hydrogen-bond donors (Lipinski definition) is 0. The van der Waals surface area contributed by atoms with Crippen LogP contribution in [-0.4, -0.2) is 21.6 Å². The fraction of sp³-hybridized carbons (Fsp3) is 0.400. The van der Waals surface area contributed by atoms with Crippen LogP contribution in [0.5, 0.6) is 0 Å². The van der Waals surface area contributed by atoms with Crippen molar-refractivity contribution in [2.75, 3.05) is 11.5 Å². The predicted octanol–water partition coefficient (Wildman–Crippen LogP) is 21.7. The molecule has 2 aromatic heterocycles. The molecule has 68 heavy (non-hydrogen) atoms. The van der Waals surface area contributed by atoms with Gasteiger partial charge in [-0.25, -0.2) is 18.8 Å². The number of halogens is 2. The van der Waals surface area contributed by atoms with E-state index in [0.29, 0.717) is 35.3 Å². The Morgan fingerprint density at radius 2 is 1.09 bits per heavy atom. The quantitative estimate of drug-likeness (QED) is 0.0418. The Hall–Kier alpha value is -4.26. The average molecular weight is 1010 g/mol. The van der Waals surface area contributed by atoms with Crippen molar-refractivity contribution in [2.24, 2.45) is 33.7 Å². The molecule has 2 aliphatic heterocycles. The fourth-order valence-corrected chi connectivity index (χ4v) is 13.1. The molecule has 0 spiro atoms. The zero-order chi connectivity index (χ0) is 48.4. The van der Waals surface area contributed by atoms with E-state index in [2.05, 4.69) is 95.8 Å². The Morgan fingerprint density at radius 1 is 0.618 bits per heavy atom. The Morgan fingerprint density at radius 3 is 1.51 bits per heavy atom. The average Bonchev–Trinajstić information content (AvgIpc) is 4.18. The highest BCUT2D eigenvalue weighted by atomic mass is 32.2. The van der Waals surface area contributed by atoms with Crippen LogP contribution in [0.2, 0.25) is 0 Å². The zero-order valence-corrected chi connectivity index (χ0v) is 44.1. The smallest absolute Gasteiger partial charge is 0.132 e. The van der Waals surface area contributed by atoms with Crippen LogP contribution in [0.3, 0.4) is 0 Å². The van der Waals surface area contributed by atoms with Crippen LogP contribution in [0.25, 0.3) is 32.3 Å². The molecule has 0 radical (unpaired) electrons. The van der Waals surface area contributed by atoms with Gasteiger partial charge in [0, 0.05) is 63.7 Å². The first-order valence-corrected chi connectivity index (χ1v) is 28.5. The molecule has 2 aromatic carbocycles. The van der Waals surface area contributed by atoms with Gasteiger partial charge in [-0.3, -0.25) is 0 Å². The summed E-state index contributed by atoms with van der Waals surface area (Å²) in [7, 11) is 0. The zero-order valence-electron chi connectivity index (χ0n) is 40.8. The van der Waals surface area contributed by atoms with Crippen LogP contribution in [0.1, 0.15) is 140 Å². The summed E-state index contributed by atoms with van der Waals surface area (Å²) >= 11 is 6.70. The molecule has 0 saturated carbocycles. The minimum atomic E-state index is -0.241. The van der Waals surface area contributed by atoms with E-state index in [4.69, 9.17) is 9.98 Å². The van der Waals surface area contributed by atoms with Crippen molar-refractivity contribution in [3.8, 4) is 20.9 Å². The molecule has 0 saturated heterocycles. The van der Waals surface area contributed by atoms with Crippen molar-refractivity contribution in [1.29, 1.82) is 0 Å². The van der Waals surface area contributed by atoms with Gasteiger partial charge in [0.1, 0.15) is 21.7 Å². The van der Waals surface area contributed by atoms with Gasteiger partial charge in [0.05, 0.1) is 21.1 Å². The third-order valence-electron chi connectivity index (χ3n) is 13.1. The summed E-state index contributed by atoms with van der Waals surface area (Å²) in [6.07, 6.45) is 23.0. The molecule has 0 N–H and O–H groups in total. The lowest BCUT2D eigenvalue weighted by Crippen LogP contribution is -2.07. The van der Waals surface area contributed by atoms with Crippen LogP contribution in [0.15, 0.2) is 144 Å². The summed E-state index contributed by atoms with van der Waals surface area (Å²) in [5, 5.41) is 1.88. The van der Waals surface area contributed by atoms with Gasteiger partial charge < -0.3 is 0 Å². The minimum absolute atomic E-state index is 0. The second-order valence-electron chi connectivity index (χ2n) is 18.0. The normalized spacial score (nSPS) is 15.0. The third kappa shape index (κ3) is 14.0. The van der Waals surface area contributed by atoms with Crippen LogP contribution in [0.4, 0.5) is 8.78 Å². The fourth-order valence-electron chi connectivity index (χ4n) is 8.72. The number of rotatable bonds is 28. The Kier molecular flexibility index (Phi) is 21.3. The van der Waals surface area contributed by atoms with Crippen molar-refractivity contribution in [1.82, 2.24) is 0 Å². The molecule has 0 amide bonds. The molecule has 0 fully saturated rings. The van der Waals surface area contributed by atoms with E-state index in [-0.39, 0.29) is 31.8 Å². The molecular formula is C60H90F2N2S4. The summed E-state index contributed by atoms with van der Waals surface area (Å²) in [6, 6.07) is 19.7. The number of nitrogens with zero attached hydrogens (tertiary/aromatic N) is 2. The van der Waals surface area contributed by atoms with E-state index in [1.165, 1.54) is 25.7 Å². The van der Waals surface area contributed by atoms with Gasteiger partial charge in [-0.05, 0) is 116 Å². The largest absolute Gasteiger partial charge is 0.239 e. The number of hydrogen-bond acceptors (Lipinski definition) is 6. The number of thioether (sulfide) groups is 2. The number of thiophene rings is 2. The van der Waals surface area contributed by atoms with Gasteiger partial charge in [0.2, 0.25) is 0 Å². The number of aliphatic imine (C=N–C) groups is 2. The van der Waals surface area contributed by atoms with Crippen LogP contribution >= 0.6 is 46.2 Å². The maximum absolute atomic E-state index is 16.1. The SMILES string of the molecule is C=C=C=CC(C=C)CCc1ccc(-c2ccc(C3=C4C(SCC(C=C)CCCC)=NC(c5ccc(-c6ccc(CCC(CC)CCCC)cc6F)s5)=C4C(SCC(C=C)CCCC)=N3)s2)c(F)c1.[HH].[HH].[HH].[HH].[HH].[HH].[HH].[HH].[HH].[HH]. The first kappa shape index (κ1) is 53.1. The molecule has 6 rings (SSSR count). The van der Waals surface area contributed by atoms with Crippen molar-refractivity contribution < 1.29 is 23.0 Å². The molecular weight excluding hydrogens is 915 g/mol. The molecule has 2 aliphatic rings. The summed E-state index contributed by atoms with van der Waals surface area (Å²) in [5.74, 6) is 2.76. The predicted molar refractivity (Wildman–Crippen MR) is 321 cm³/mol. The van der Waals surface area contributed by atoms with E-state index in [9.17, 15) is 0 Å². The second kappa shape index (κ2) is 27.2. The monoisotopic (exact) mass is 1000 g/mol. The van der Waals surface area contributed by atoms with Crippen molar-refractivity contribution in [3.63, 3.8) is 0 Å². The highest BCUT2D eigenvalue weighted by molar-refractivity contribution is 8.15. The Labute approximate surface area is 438 Å². The lowest BCUT2D eigenvalue weighted by molar-refractivity contribution is 0.421. The molecule has 8 heteroatoms. The number of aryl methyl sites for hydroxylation is 2. The highest BCUT2D eigenvalue weighted by Gasteiger charge is 2.38. The van der Waals surface area contributed by atoms with E-state index in [0.717, 1.165) is 133 Å². The number of benzene rings is 2. The summed E-state index contributed by atoms with van der Waals surface area (Å²) in [5.41, 5.74) is 12.6. The topological polar surface area (TPSA) is 24.7 Å². The molecule has 2 nitrogen and oxygen atoms in total. The van der Waals surface area contributed by atoms with Crippen LogP contribution in [0, 0.1) is 35.3 Å². The number of unbranched alkanes of at least 4 members (excludes halogenated alkanes) is 3. The van der Waals surface area contributed by atoms with E-state index >= 15 is 8.78 Å². The standard InChI is InChI=1S/C60H70F2N2S4.10H2/c1-9-17-21-41(13-5)25-27-45-29-31-47(49(61)37-45)51-33-35-53(67-51)57-55-56(60(63-57)66-40-44(16-8)24-20-12-4)58(64-59(55)65-39-43(15-7)23-19-11-3)54-36-34-52(68-54)48-32-30-46(38-50(48)62)28-26-42(14-6)22-18-10-2;;;;;;;;;;/h13,15-16,21,29-38,41-44H,1,5,7-8,10-12,14,18-20,22-28,39-40H2,2-4,6H3;10*1H. The number of allylic oxidation sites excluding steroid dienone is 4. The Bertz CT molecular complexity index is 2610. The molecule has 4 heterocycles. The summed E-state index contributed by atoms with van der Waals surface area (Å²) in [4.78, 5) is 14.7. The third-order valence-corrected chi connectivity index (χ3v) is 17.7. The summed E-state index contributed by atoms with van der Waals surface area (Å²) in [6.45, 7) is 24.9. The molecule has 4 unspecified atom stereocenters. The lowest BCUT2D eigenvalue weighted by atomic mass is 9.92. The minimum Gasteiger partial charge on any atom is -0.239 e. The van der Waals surface area contributed by atoms with Crippen LogP contribution < -0.4 is 0 Å². The summed E-state index contributed by atoms with van der Waals surface area (Å²) < 4.78 is 32.1. The van der Waals surface area contributed by atoms with Crippen LogP contribution in [-0.2, 0) is 12.8 Å². The number of fused-ring (bicyclic) bond motifs is 1. The van der Waals surface area contributed by atoms with Gasteiger partial charge in [-0.1, -0.05) is 133 Å². The Balaban J connectivity index is -0.00000178. The van der Waals surface area contributed by atoms with E-state index in [1.807, 2.05) is 42.5 Å². The van der Waals surface area contributed by atoms with E-state index < -0.39 is 0 Å². The molecule has 4 aromatic rings. The van der Waals surface area contributed by atoms with Gasteiger partial charge in [0.25, 0.3) is 0 Å². The second-order valence-corrected chi connectivity index (χ2v) is 22.2. The maximum Gasteiger partial charge on any atom is 0.132 e. The first-order valence-electron chi connectivity index (χ1n) is 24.9. The molecule has 0 aliphatic carbocycles. The van der Waals surface area contributed by atoms with E-state index in [1.54, 1.807) is 58.3 Å². The van der Waals surface area contributed by atoms with Crippen molar-refractivity contribution in [2.45, 2.75) is 118 Å². The van der Waals surface area contributed by atoms with Gasteiger partial charge in [-0.15, -0.1) is 65.9 Å². The highest BCUT2D eigenvalue weighted by Crippen LogP contribution is 2.51.